The summed E-state index contributed by atoms with van der Waals surface area (Å²) in [6.07, 6.45) is 0. The monoisotopic (exact) mass is 366 g/mol. The third kappa shape index (κ3) is 220. The molecule has 0 radical (unpaired) electrons. The number of hydrogen-bond acceptors (Lipinski definition) is 8. The van der Waals surface area contributed by atoms with Gasteiger partial charge in [0, 0.05) is 0 Å². The van der Waals surface area contributed by atoms with Gasteiger partial charge in [0.2, 0.25) is 0 Å². The normalized spacial score (nSPS) is 6.94. The molecule has 0 atom stereocenters. The Bertz CT molecular complexity index is 142. The zero-order valence-corrected chi connectivity index (χ0v) is 27.9. The van der Waals surface area contributed by atoms with Crippen molar-refractivity contribution in [3.8, 4) is 0 Å². The van der Waals surface area contributed by atoms with Crippen molar-refractivity contribution in [1.29, 1.82) is 0 Å². The summed E-state index contributed by atoms with van der Waals surface area (Å²) in [4.78, 5) is 51.3. The summed E-state index contributed by atoms with van der Waals surface area (Å²) in [5, 5.41) is 0. The second kappa shape index (κ2) is 35.4. The Morgan fingerprint density at radius 3 is 0.556 bits per heavy atom. The molecule has 0 aliphatic carbocycles. The van der Waals surface area contributed by atoms with Gasteiger partial charge >= 0.3 is 209 Å². The van der Waals surface area contributed by atoms with Gasteiger partial charge in [-0.25, -0.2) is 0 Å². The molecule has 0 rings (SSSR count). The van der Waals surface area contributed by atoms with Crippen LogP contribution < -0.4 is 207 Å². The van der Waals surface area contributed by atoms with Crippen molar-refractivity contribution >= 4 is 43.6 Å². The van der Waals surface area contributed by atoms with Crippen LogP contribution in [0.1, 0.15) is 0 Å². The second-order valence-electron chi connectivity index (χ2n) is 0.894. The van der Waals surface area contributed by atoms with Gasteiger partial charge in [-0.1, -0.05) is 0 Å². The molecule has 0 aromatic rings. The van der Waals surface area contributed by atoms with E-state index in [1.54, 1.807) is 0 Å². The van der Waals surface area contributed by atoms with Gasteiger partial charge in [0.15, 0.2) is 0 Å². The molecule has 18 heavy (non-hydrogen) atoms. The fourth-order valence-corrected chi connectivity index (χ4v) is 0. The molecule has 0 bridgehead atoms. The van der Waals surface area contributed by atoms with Crippen molar-refractivity contribution in [2.24, 2.45) is 0 Å². The van der Waals surface area contributed by atoms with E-state index in [-0.39, 0.29) is 177 Å². The first-order valence-corrected chi connectivity index (χ1v) is 7.38. The third-order valence-electron chi connectivity index (χ3n) is 0. The Morgan fingerprint density at radius 1 is 0.556 bits per heavy atom. The summed E-state index contributed by atoms with van der Waals surface area (Å²) in [5.41, 5.74) is 0. The quantitative estimate of drug-likeness (QED) is 0.300. The van der Waals surface area contributed by atoms with Crippen LogP contribution in [0.2, 0.25) is 4.17 Å². The van der Waals surface area contributed by atoms with E-state index in [0.29, 0.717) is 0 Å². The minimum atomic E-state index is -5.39. The summed E-state index contributed by atoms with van der Waals surface area (Å²) in [6.45, 7) is 0. The van der Waals surface area contributed by atoms with Gasteiger partial charge in [0.25, 0.3) is 0 Å². The maximum absolute atomic E-state index is 8.55. The summed E-state index contributed by atoms with van der Waals surface area (Å²) < 4.78 is 19.2. The van der Waals surface area contributed by atoms with Crippen molar-refractivity contribution in [1.82, 2.24) is 0 Å². The van der Waals surface area contributed by atoms with Crippen LogP contribution in [0.5, 0.6) is 0 Å². The molecule has 0 spiro atoms. The van der Waals surface area contributed by atoms with Gasteiger partial charge in [-0.3, -0.25) is 0 Å². The van der Waals surface area contributed by atoms with Crippen LogP contribution in [0.4, 0.5) is 0 Å². The van der Waals surface area contributed by atoms with Gasteiger partial charge in [-0.2, -0.15) is 15.6 Å². The van der Waals surface area contributed by atoms with Crippen LogP contribution in [-0.2, 0) is 9.13 Å². The average molecular weight is 366 g/mol. The Morgan fingerprint density at radius 2 is 0.556 bits per heavy atom. The van der Waals surface area contributed by atoms with Gasteiger partial charge < -0.3 is 38.5 Å². The first kappa shape index (κ1) is 56.2. The summed E-state index contributed by atoms with van der Waals surface area (Å²) >= 11 is 1.31. The number of hydrogen-bond donors (Lipinski definition) is 0. The molecular weight excluding hydrogens is 363 g/mol. The van der Waals surface area contributed by atoms with E-state index in [1.807, 2.05) is 0 Å². The molecule has 17 heteroatoms. The first-order valence-electron chi connectivity index (χ1n) is 2.46. The summed E-state index contributed by atoms with van der Waals surface area (Å²) in [7, 11) is -10.8. The molecule has 72 valence electrons. The molecule has 0 saturated carbocycles. The molecular formula is CH3Na7O8P2. The predicted molar refractivity (Wildman–Crippen MR) is 26.8 cm³/mol. The van der Waals surface area contributed by atoms with Crippen LogP contribution in [0.3, 0.4) is 0 Å². The van der Waals surface area contributed by atoms with Crippen molar-refractivity contribution < 1.29 is 216 Å². The van der Waals surface area contributed by atoms with Crippen molar-refractivity contribution in [3.63, 3.8) is 0 Å². The molecule has 8 nitrogen and oxygen atoms in total. The zero-order valence-electron chi connectivity index (χ0n) is 12.2. The molecule has 0 fully saturated rings. The predicted octanol–water partition coefficient (Wildman–Crippen LogP) is -23.4. The number of phosphoric acid groups is 2. The maximum Gasteiger partial charge on any atom is 1.00 e. The first-order chi connectivity index (χ1) is 5.00. The topological polar surface area (TPSA) is 172 Å². The molecule has 0 aliphatic rings. The Labute approximate surface area is 257 Å². The molecule has 0 aromatic heterocycles. The van der Waals surface area contributed by atoms with Gasteiger partial charge in [0.1, 0.15) is 0 Å². The molecule has 0 N–H and O–H groups in total. The van der Waals surface area contributed by atoms with Gasteiger partial charge in [-0.05, 0) is 0 Å². The fraction of sp³-hybridized carbons (Fsp3) is 1.00. The largest absolute Gasteiger partial charge is 1.00 e. The molecule has 0 saturated heterocycles. The Hall–Kier alpha value is 7.22. The Kier molecular flexibility index (Phi) is 110. The summed E-state index contributed by atoms with van der Waals surface area (Å²) in [6, 6.07) is 0. The van der Waals surface area contributed by atoms with Gasteiger partial charge in [0.05, 0.1) is 0 Å². The van der Waals surface area contributed by atoms with Crippen LogP contribution in [-0.4, -0.2) is 27.9 Å². The zero-order chi connectivity index (χ0) is 11.0. The van der Waals surface area contributed by atoms with E-state index in [1.165, 1.54) is 27.9 Å². The van der Waals surface area contributed by atoms with Crippen molar-refractivity contribution in [2.75, 3.05) is 0 Å². The van der Waals surface area contributed by atoms with Gasteiger partial charge in [-0.15, -0.1) is 0 Å². The molecule has 0 unspecified atom stereocenters. The maximum atomic E-state index is 8.55. The van der Waals surface area contributed by atoms with Crippen LogP contribution in [0.25, 0.3) is 0 Å². The minimum absolute atomic E-state index is 0. The second-order valence-corrected chi connectivity index (χ2v) is 2.68. The smallest absolute Gasteiger partial charge is 1.00 e. The van der Waals surface area contributed by atoms with E-state index in [2.05, 4.69) is 4.17 Å². The van der Waals surface area contributed by atoms with Crippen LogP contribution >= 0.6 is 15.6 Å². The van der Waals surface area contributed by atoms with E-state index in [0.717, 1.165) is 0 Å². The molecule has 0 amide bonds. The molecule has 0 aromatic carbocycles. The standard InChI is InChI=1S/CH3.7Na.2H3O4P/c;;;;;;;;2*1-5(2,3)4/h1H3;;;;;;;;2*(H3,1,2,3,4)/q;;6*+1;;/p-6. The molecule has 0 heterocycles. The summed E-state index contributed by atoms with van der Waals surface area (Å²) in [5.74, 6) is 0. The minimum Gasteiger partial charge on any atom is 1.00 e. The van der Waals surface area contributed by atoms with E-state index < -0.39 is 15.6 Å². The Balaban J connectivity index is -0.00000000872. The average Bonchev–Trinajstić information content (AvgIpc) is 1.59. The third-order valence-corrected chi connectivity index (χ3v) is 0. The van der Waals surface area contributed by atoms with E-state index >= 15 is 0 Å². The van der Waals surface area contributed by atoms with E-state index in [4.69, 9.17) is 38.5 Å². The van der Waals surface area contributed by atoms with Crippen molar-refractivity contribution in [2.45, 2.75) is 4.17 Å². The fourth-order valence-electron chi connectivity index (χ4n) is 0. The van der Waals surface area contributed by atoms with Crippen molar-refractivity contribution in [3.05, 3.63) is 0 Å². The molecule has 0 aliphatic heterocycles. The van der Waals surface area contributed by atoms with E-state index in [9.17, 15) is 0 Å². The SMILES string of the molecule is O=P([O-])([O-])[O-].O=P([O-])([O-])[O-].[CH3][Na].[Na+].[Na+].[Na+].[Na+].[Na+].[Na+]. The van der Waals surface area contributed by atoms with Crippen LogP contribution in [0, 0.1) is 0 Å². The van der Waals surface area contributed by atoms with Crippen LogP contribution in [0.15, 0.2) is 0 Å². The number of rotatable bonds is 0.